The Morgan fingerprint density at radius 3 is 2.86 bits per heavy atom. The highest BCUT2D eigenvalue weighted by Gasteiger charge is 2.15. The second-order valence-electron chi connectivity index (χ2n) is 5.65. The number of halogens is 1. The van der Waals surface area contributed by atoms with Crippen molar-refractivity contribution in [2.75, 3.05) is 18.4 Å². The van der Waals surface area contributed by atoms with E-state index in [0.717, 1.165) is 0 Å². The van der Waals surface area contributed by atoms with E-state index >= 15 is 0 Å². The molecule has 2 aromatic rings. The zero-order chi connectivity index (χ0) is 16.2. The number of imidazole rings is 1. The van der Waals surface area contributed by atoms with Gasteiger partial charge in [0.2, 0.25) is 5.28 Å². The van der Waals surface area contributed by atoms with Gasteiger partial charge < -0.3 is 20.4 Å². The van der Waals surface area contributed by atoms with Gasteiger partial charge in [0.25, 0.3) is 0 Å². The number of carbonyl (C=O) groups is 1. The Morgan fingerprint density at radius 2 is 2.14 bits per heavy atom. The lowest BCUT2D eigenvalue weighted by atomic mass is 10.2. The summed E-state index contributed by atoms with van der Waals surface area (Å²) in [6, 6.07) is 0. The van der Waals surface area contributed by atoms with Gasteiger partial charge in [-0.3, -0.25) is 0 Å². The fourth-order valence-electron chi connectivity index (χ4n) is 1.73. The second-order valence-corrected chi connectivity index (χ2v) is 5.99. The maximum Gasteiger partial charge on any atom is 0.407 e. The van der Waals surface area contributed by atoms with Crippen LogP contribution in [0.4, 0.5) is 10.6 Å². The maximum atomic E-state index is 11.5. The monoisotopic (exact) mass is 326 g/mol. The van der Waals surface area contributed by atoms with Crippen LogP contribution in [0.5, 0.6) is 0 Å². The first-order chi connectivity index (χ1) is 10.3. The number of anilines is 1. The van der Waals surface area contributed by atoms with E-state index in [1.54, 1.807) is 0 Å². The lowest BCUT2D eigenvalue weighted by Gasteiger charge is -2.19. The molecule has 0 radical (unpaired) electrons. The van der Waals surface area contributed by atoms with Crippen molar-refractivity contribution in [1.82, 2.24) is 25.3 Å². The average Bonchev–Trinajstić information content (AvgIpc) is 2.84. The number of amides is 1. The van der Waals surface area contributed by atoms with Crippen LogP contribution in [0, 0.1) is 0 Å². The van der Waals surface area contributed by atoms with Crippen molar-refractivity contribution in [3.05, 3.63) is 11.6 Å². The van der Waals surface area contributed by atoms with Crippen molar-refractivity contribution < 1.29 is 9.53 Å². The van der Waals surface area contributed by atoms with Gasteiger partial charge in [-0.1, -0.05) is 0 Å². The first-order valence-electron chi connectivity index (χ1n) is 6.92. The van der Waals surface area contributed by atoms with Crippen LogP contribution in [0.3, 0.4) is 0 Å². The summed E-state index contributed by atoms with van der Waals surface area (Å²) < 4.78 is 5.14. The SMILES string of the molecule is CC(C)(C)OC(=O)NCCCNc1nc(Cl)nc2nc[nH]c12. The molecule has 0 spiro atoms. The summed E-state index contributed by atoms with van der Waals surface area (Å²) in [5, 5.41) is 5.96. The highest BCUT2D eigenvalue weighted by Crippen LogP contribution is 2.18. The Hall–Kier alpha value is -2.09. The molecule has 22 heavy (non-hydrogen) atoms. The van der Waals surface area contributed by atoms with Crippen molar-refractivity contribution in [2.24, 2.45) is 0 Å². The van der Waals surface area contributed by atoms with E-state index in [9.17, 15) is 4.79 Å². The third-order valence-electron chi connectivity index (χ3n) is 2.57. The summed E-state index contributed by atoms with van der Waals surface area (Å²) in [5.41, 5.74) is 0.714. The van der Waals surface area contributed by atoms with Crippen molar-refractivity contribution in [1.29, 1.82) is 0 Å². The van der Waals surface area contributed by atoms with E-state index in [0.29, 0.717) is 36.5 Å². The van der Waals surface area contributed by atoms with Crippen LogP contribution in [-0.4, -0.2) is 44.7 Å². The number of nitrogens with one attached hydrogen (secondary N) is 3. The smallest absolute Gasteiger partial charge is 0.407 e. The predicted molar refractivity (Wildman–Crippen MR) is 84.0 cm³/mol. The minimum atomic E-state index is -0.494. The first-order valence-corrected chi connectivity index (χ1v) is 7.30. The Labute approximate surface area is 133 Å². The molecule has 0 saturated carbocycles. The number of carbonyl (C=O) groups excluding carboxylic acids is 1. The molecule has 0 aliphatic carbocycles. The molecule has 120 valence electrons. The molecule has 0 aliphatic rings. The summed E-state index contributed by atoms with van der Waals surface area (Å²) in [5.74, 6) is 0.588. The fourth-order valence-corrected chi connectivity index (χ4v) is 1.90. The Morgan fingerprint density at radius 1 is 1.36 bits per heavy atom. The summed E-state index contributed by atoms with van der Waals surface area (Å²) >= 11 is 5.83. The molecule has 3 N–H and O–H groups in total. The van der Waals surface area contributed by atoms with E-state index in [2.05, 4.69) is 30.6 Å². The van der Waals surface area contributed by atoms with Crippen LogP contribution in [0.1, 0.15) is 27.2 Å². The van der Waals surface area contributed by atoms with E-state index in [4.69, 9.17) is 16.3 Å². The standard InChI is InChI=1S/C13H19ClN6O2/c1-13(2,3)22-12(21)16-6-4-5-15-9-8-10(18-7-17-8)20-11(14)19-9/h7H,4-6H2,1-3H3,(H,16,21)(H2,15,17,18,19,20). The number of ether oxygens (including phenoxy) is 1. The number of aromatic amines is 1. The van der Waals surface area contributed by atoms with E-state index in [1.165, 1.54) is 6.33 Å². The average molecular weight is 327 g/mol. The highest BCUT2D eigenvalue weighted by atomic mass is 35.5. The number of alkyl carbamates (subject to hydrolysis) is 1. The van der Waals surface area contributed by atoms with E-state index < -0.39 is 11.7 Å². The van der Waals surface area contributed by atoms with Crippen LogP contribution in [0.15, 0.2) is 6.33 Å². The van der Waals surface area contributed by atoms with Gasteiger partial charge in [-0.15, -0.1) is 0 Å². The number of hydrogen-bond donors (Lipinski definition) is 3. The molecule has 0 saturated heterocycles. The van der Waals surface area contributed by atoms with Gasteiger partial charge >= 0.3 is 6.09 Å². The molecule has 2 heterocycles. The van der Waals surface area contributed by atoms with Gasteiger partial charge in [0, 0.05) is 13.1 Å². The van der Waals surface area contributed by atoms with Crippen LogP contribution < -0.4 is 10.6 Å². The molecule has 8 nitrogen and oxygen atoms in total. The lowest BCUT2D eigenvalue weighted by molar-refractivity contribution is 0.0528. The fraction of sp³-hybridized carbons (Fsp3) is 0.538. The van der Waals surface area contributed by atoms with Gasteiger partial charge in [0.1, 0.15) is 11.1 Å². The number of nitrogens with zero attached hydrogens (tertiary/aromatic N) is 3. The van der Waals surface area contributed by atoms with Crippen molar-refractivity contribution >= 4 is 34.7 Å². The highest BCUT2D eigenvalue weighted by molar-refractivity contribution is 6.28. The second kappa shape index (κ2) is 6.78. The van der Waals surface area contributed by atoms with E-state index in [1.807, 2.05) is 20.8 Å². The number of hydrogen-bond acceptors (Lipinski definition) is 6. The van der Waals surface area contributed by atoms with E-state index in [-0.39, 0.29) is 5.28 Å². The maximum absolute atomic E-state index is 11.5. The third kappa shape index (κ3) is 4.73. The summed E-state index contributed by atoms with van der Waals surface area (Å²) in [7, 11) is 0. The molecule has 0 atom stereocenters. The normalized spacial score (nSPS) is 11.5. The summed E-state index contributed by atoms with van der Waals surface area (Å²) in [6.07, 6.45) is 1.81. The zero-order valence-electron chi connectivity index (χ0n) is 12.7. The summed E-state index contributed by atoms with van der Waals surface area (Å²) in [4.78, 5) is 26.6. The molecule has 0 fully saturated rings. The van der Waals surface area contributed by atoms with Crippen LogP contribution in [-0.2, 0) is 4.74 Å². The molecule has 1 amide bonds. The van der Waals surface area contributed by atoms with Gasteiger partial charge in [-0.25, -0.2) is 9.78 Å². The zero-order valence-corrected chi connectivity index (χ0v) is 13.5. The van der Waals surface area contributed by atoms with Gasteiger partial charge in [0.15, 0.2) is 11.5 Å². The largest absolute Gasteiger partial charge is 0.444 e. The number of H-pyrrole nitrogens is 1. The van der Waals surface area contributed by atoms with Crippen molar-refractivity contribution in [2.45, 2.75) is 32.8 Å². The van der Waals surface area contributed by atoms with Crippen LogP contribution in [0.2, 0.25) is 5.28 Å². The van der Waals surface area contributed by atoms with Crippen LogP contribution >= 0.6 is 11.6 Å². The van der Waals surface area contributed by atoms with Gasteiger partial charge in [-0.2, -0.15) is 9.97 Å². The van der Waals surface area contributed by atoms with Crippen molar-refractivity contribution in [3.63, 3.8) is 0 Å². The lowest BCUT2D eigenvalue weighted by Crippen LogP contribution is -2.33. The molecule has 2 rings (SSSR count). The molecule has 0 bridgehead atoms. The first kappa shape index (κ1) is 16.3. The Balaban J connectivity index is 1.77. The Kier molecular flexibility index (Phi) is 5.02. The quantitative estimate of drug-likeness (QED) is 0.575. The topological polar surface area (TPSA) is 105 Å². The molecule has 9 heteroatoms. The molecule has 0 aliphatic heterocycles. The minimum Gasteiger partial charge on any atom is -0.444 e. The number of fused-ring (bicyclic) bond motifs is 1. The van der Waals surface area contributed by atoms with Gasteiger partial charge in [-0.05, 0) is 38.8 Å². The number of aromatic nitrogens is 4. The minimum absolute atomic E-state index is 0.133. The number of rotatable bonds is 5. The summed E-state index contributed by atoms with van der Waals surface area (Å²) in [6.45, 7) is 6.57. The molecule has 0 unspecified atom stereocenters. The molecular formula is C13H19ClN6O2. The molecular weight excluding hydrogens is 308 g/mol. The van der Waals surface area contributed by atoms with Crippen molar-refractivity contribution in [3.8, 4) is 0 Å². The molecule has 0 aromatic carbocycles. The Bertz CT molecular complexity index is 652. The third-order valence-corrected chi connectivity index (χ3v) is 2.74. The predicted octanol–water partition coefficient (Wildman–Crippen LogP) is 2.33. The molecule has 2 aromatic heterocycles. The van der Waals surface area contributed by atoms with Crippen LogP contribution in [0.25, 0.3) is 11.2 Å². The van der Waals surface area contributed by atoms with Gasteiger partial charge in [0.05, 0.1) is 6.33 Å².